The lowest BCUT2D eigenvalue weighted by Crippen LogP contribution is -2.34. The third-order valence-electron chi connectivity index (χ3n) is 3.80. The highest BCUT2D eigenvalue weighted by molar-refractivity contribution is 6.32. The summed E-state index contributed by atoms with van der Waals surface area (Å²) in [6, 6.07) is 7.81. The van der Waals surface area contributed by atoms with Crippen LogP contribution >= 0.6 is 11.6 Å². The number of ether oxygens (including phenoxy) is 1. The molecule has 0 radical (unpaired) electrons. The third-order valence-corrected chi connectivity index (χ3v) is 4.09. The van der Waals surface area contributed by atoms with Crippen molar-refractivity contribution in [1.29, 1.82) is 0 Å². The summed E-state index contributed by atoms with van der Waals surface area (Å²) < 4.78 is 18.4. The Hall–Kier alpha value is -2.01. The molecule has 22 heavy (non-hydrogen) atoms. The standard InChI is InChI=1S/C16H16ClFN2O2/c17-12-9-11(18)5-6-15(12)22-10-16(21)20-8-2-4-14(20)13-3-1-7-19-13/h1,3,5-7,9,14,19H,2,4,8,10H2/t14-/m1/s1. The summed E-state index contributed by atoms with van der Waals surface area (Å²) in [6.07, 6.45) is 3.75. The van der Waals surface area contributed by atoms with Crippen LogP contribution in [0.15, 0.2) is 36.5 Å². The molecule has 0 aliphatic carbocycles. The van der Waals surface area contributed by atoms with Gasteiger partial charge >= 0.3 is 0 Å². The molecule has 1 amide bonds. The molecule has 0 unspecified atom stereocenters. The van der Waals surface area contributed by atoms with E-state index in [2.05, 4.69) is 4.98 Å². The molecule has 3 rings (SSSR count). The van der Waals surface area contributed by atoms with E-state index in [4.69, 9.17) is 16.3 Å². The lowest BCUT2D eigenvalue weighted by molar-refractivity contribution is -0.134. The molecule has 1 aliphatic heterocycles. The van der Waals surface area contributed by atoms with Crippen molar-refractivity contribution in [1.82, 2.24) is 9.88 Å². The van der Waals surface area contributed by atoms with E-state index in [-0.39, 0.29) is 23.6 Å². The highest BCUT2D eigenvalue weighted by Crippen LogP contribution is 2.31. The Balaban J connectivity index is 1.64. The van der Waals surface area contributed by atoms with E-state index in [9.17, 15) is 9.18 Å². The van der Waals surface area contributed by atoms with Crippen LogP contribution in [0.4, 0.5) is 4.39 Å². The molecule has 0 spiro atoms. The molecule has 1 saturated heterocycles. The second-order valence-electron chi connectivity index (χ2n) is 5.23. The first kappa shape index (κ1) is 14.9. The molecule has 116 valence electrons. The van der Waals surface area contributed by atoms with Crippen LogP contribution in [-0.4, -0.2) is 28.9 Å². The monoisotopic (exact) mass is 322 g/mol. The molecule has 1 fully saturated rings. The molecule has 2 aromatic rings. The molecule has 1 aromatic heterocycles. The van der Waals surface area contributed by atoms with Crippen molar-refractivity contribution in [2.75, 3.05) is 13.2 Å². The Morgan fingerprint density at radius 2 is 2.32 bits per heavy atom. The van der Waals surface area contributed by atoms with E-state index in [0.29, 0.717) is 12.3 Å². The van der Waals surface area contributed by atoms with Gasteiger partial charge in [-0.15, -0.1) is 0 Å². The molecule has 0 bridgehead atoms. The van der Waals surface area contributed by atoms with Crippen molar-refractivity contribution >= 4 is 17.5 Å². The Morgan fingerprint density at radius 1 is 1.45 bits per heavy atom. The third kappa shape index (κ3) is 3.09. The van der Waals surface area contributed by atoms with Crippen molar-refractivity contribution in [2.45, 2.75) is 18.9 Å². The van der Waals surface area contributed by atoms with Crippen LogP contribution in [0.3, 0.4) is 0 Å². The van der Waals surface area contributed by atoms with E-state index < -0.39 is 5.82 Å². The molecule has 0 saturated carbocycles. The number of rotatable bonds is 4. The molecule has 4 nitrogen and oxygen atoms in total. The zero-order valence-electron chi connectivity index (χ0n) is 11.9. The SMILES string of the molecule is O=C(COc1ccc(F)cc1Cl)N1CCC[C@@H]1c1ccc[nH]1. The topological polar surface area (TPSA) is 45.3 Å². The van der Waals surface area contributed by atoms with E-state index in [0.717, 1.165) is 18.5 Å². The summed E-state index contributed by atoms with van der Waals surface area (Å²) in [5, 5.41) is 0.162. The number of halogens is 2. The van der Waals surface area contributed by atoms with Gasteiger partial charge in [0.2, 0.25) is 0 Å². The van der Waals surface area contributed by atoms with Gasteiger partial charge in [-0.2, -0.15) is 0 Å². The summed E-state index contributed by atoms with van der Waals surface area (Å²) in [7, 11) is 0. The maximum atomic E-state index is 13.0. The predicted molar refractivity (Wildman–Crippen MR) is 81.4 cm³/mol. The number of amides is 1. The molecule has 1 atom stereocenters. The zero-order chi connectivity index (χ0) is 15.5. The minimum atomic E-state index is -0.435. The number of benzene rings is 1. The lowest BCUT2D eigenvalue weighted by Gasteiger charge is -2.24. The number of H-pyrrole nitrogens is 1. The molecule has 1 aliphatic rings. The minimum Gasteiger partial charge on any atom is -0.482 e. The molecular formula is C16H16ClFN2O2. The first-order chi connectivity index (χ1) is 10.6. The number of carbonyl (C=O) groups is 1. The number of aromatic amines is 1. The summed E-state index contributed by atoms with van der Waals surface area (Å²) in [6.45, 7) is 0.603. The van der Waals surface area contributed by atoms with E-state index in [1.54, 1.807) is 0 Å². The van der Waals surface area contributed by atoms with Gasteiger partial charge in [-0.05, 0) is 43.2 Å². The fourth-order valence-electron chi connectivity index (χ4n) is 2.75. The predicted octanol–water partition coefficient (Wildman–Crippen LogP) is 3.55. The van der Waals surface area contributed by atoms with E-state index in [1.165, 1.54) is 18.2 Å². The highest BCUT2D eigenvalue weighted by Gasteiger charge is 2.30. The molecule has 1 N–H and O–H groups in total. The van der Waals surface area contributed by atoms with E-state index in [1.807, 2.05) is 23.2 Å². The Morgan fingerprint density at radius 3 is 3.05 bits per heavy atom. The number of nitrogens with one attached hydrogen (secondary N) is 1. The van der Waals surface area contributed by atoms with Gasteiger partial charge in [0.15, 0.2) is 6.61 Å². The minimum absolute atomic E-state index is 0.0646. The molecule has 1 aromatic carbocycles. The average Bonchev–Trinajstić information content (AvgIpc) is 3.16. The van der Waals surface area contributed by atoms with E-state index >= 15 is 0 Å². The van der Waals surface area contributed by atoms with Gasteiger partial charge in [0.1, 0.15) is 11.6 Å². The smallest absolute Gasteiger partial charge is 0.261 e. The van der Waals surface area contributed by atoms with Crippen LogP contribution in [0.2, 0.25) is 5.02 Å². The van der Waals surface area contributed by atoms with Gasteiger partial charge in [-0.3, -0.25) is 4.79 Å². The zero-order valence-corrected chi connectivity index (χ0v) is 12.6. The number of nitrogens with zero attached hydrogens (tertiary/aromatic N) is 1. The Kier molecular flexibility index (Phi) is 4.34. The fourth-order valence-corrected chi connectivity index (χ4v) is 2.98. The van der Waals surface area contributed by atoms with Gasteiger partial charge in [-0.25, -0.2) is 4.39 Å². The quantitative estimate of drug-likeness (QED) is 0.935. The van der Waals surface area contributed by atoms with Gasteiger partial charge in [0, 0.05) is 18.4 Å². The van der Waals surface area contributed by atoms with Crippen molar-refractivity contribution < 1.29 is 13.9 Å². The largest absolute Gasteiger partial charge is 0.482 e. The average molecular weight is 323 g/mol. The number of likely N-dealkylation sites (tertiary alicyclic amines) is 1. The highest BCUT2D eigenvalue weighted by atomic mass is 35.5. The first-order valence-corrected chi connectivity index (χ1v) is 7.53. The number of hydrogen-bond acceptors (Lipinski definition) is 2. The molecule has 2 heterocycles. The summed E-state index contributed by atoms with van der Waals surface area (Å²) in [4.78, 5) is 17.3. The number of aromatic nitrogens is 1. The summed E-state index contributed by atoms with van der Waals surface area (Å²) in [5.74, 6) is -0.223. The Bertz CT molecular complexity index is 660. The number of carbonyl (C=O) groups excluding carboxylic acids is 1. The van der Waals surface area contributed by atoms with Crippen LogP contribution in [-0.2, 0) is 4.79 Å². The summed E-state index contributed by atoms with van der Waals surface area (Å²) in [5.41, 5.74) is 1.03. The van der Waals surface area contributed by atoms with Crippen molar-refractivity contribution in [2.24, 2.45) is 0 Å². The van der Waals surface area contributed by atoms with Gasteiger partial charge in [-0.1, -0.05) is 11.6 Å². The molecule has 6 heteroatoms. The van der Waals surface area contributed by atoms with Crippen LogP contribution in [0, 0.1) is 5.82 Å². The van der Waals surface area contributed by atoms with Crippen molar-refractivity contribution in [3.8, 4) is 5.75 Å². The maximum Gasteiger partial charge on any atom is 0.261 e. The normalized spacial score (nSPS) is 17.7. The molecular weight excluding hydrogens is 307 g/mol. The second kappa shape index (κ2) is 6.40. The fraction of sp³-hybridized carbons (Fsp3) is 0.312. The van der Waals surface area contributed by atoms with Crippen LogP contribution in [0.25, 0.3) is 0 Å². The Labute approximate surface area is 132 Å². The van der Waals surface area contributed by atoms with Crippen LogP contribution in [0.5, 0.6) is 5.75 Å². The summed E-state index contributed by atoms with van der Waals surface area (Å²) >= 11 is 5.89. The lowest BCUT2D eigenvalue weighted by atomic mass is 10.1. The van der Waals surface area contributed by atoms with Gasteiger partial charge in [0.05, 0.1) is 11.1 Å². The van der Waals surface area contributed by atoms with Crippen molar-refractivity contribution in [3.05, 3.63) is 53.1 Å². The first-order valence-electron chi connectivity index (χ1n) is 7.16. The van der Waals surface area contributed by atoms with Crippen LogP contribution in [0.1, 0.15) is 24.6 Å². The second-order valence-corrected chi connectivity index (χ2v) is 5.64. The maximum absolute atomic E-state index is 13.0. The van der Waals surface area contributed by atoms with Crippen LogP contribution < -0.4 is 4.74 Å². The van der Waals surface area contributed by atoms with Gasteiger partial charge in [0.25, 0.3) is 5.91 Å². The van der Waals surface area contributed by atoms with Gasteiger partial charge < -0.3 is 14.6 Å². The van der Waals surface area contributed by atoms with Crippen molar-refractivity contribution in [3.63, 3.8) is 0 Å². The number of hydrogen-bond donors (Lipinski definition) is 1.